The Morgan fingerprint density at radius 2 is 2.29 bits per heavy atom. The summed E-state index contributed by atoms with van der Waals surface area (Å²) in [6, 6.07) is 8.51. The maximum Gasteiger partial charge on any atom is 0.108 e. The predicted octanol–water partition coefficient (Wildman–Crippen LogP) is 1.66. The van der Waals surface area contributed by atoms with Gasteiger partial charge >= 0.3 is 0 Å². The molecule has 1 aliphatic heterocycles. The van der Waals surface area contributed by atoms with Gasteiger partial charge in [-0.2, -0.15) is 0 Å². The quantitative estimate of drug-likeness (QED) is 0.896. The van der Waals surface area contributed by atoms with Crippen LogP contribution in [0.4, 0.5) is 0 Å². The molecule has 1 aromatic heterocycles. The van der Waals surface area contributed by atoms with Crippen molar-refractivity contribution in [3.8, 4) is 0 Å². The highest BCUT2D eigenvalue weighted by atomic mass is 32.2. The van der Waals surface area contributed by atoms with E-state index in [0.29, 0.717) is 11.6 Å². The molecule has 0 bridgehead atoms. The van der Waals surface area contributed by atoms with E-state index in [-0.39, 0.29) is 6.61 Å². The third kappa shape index (κ3) is 2.08. The maximum atomic E-state index is 8.95. The number of aromatic nitrogens is 3. The van der Waals surface area contributed by atoms with E-state index in [9.17, 15) is 0 Å². The van der Waals surface area contributed by atoms with Crippen LogP contribution in [0.2, 0.25) is 0 Å². The van der Waals surface area contributed by atoms with Crippen molar-refractivity contribution in [2.24, 2.45) is 0 Å². The van der Waals surface area contributed by atoms with Gasteiger partial charge in [-0.1, -0.05) is 23.4 Å². The van der Waals surface area contributed by atoms with Crippen molar-refractivity contribution in [3.05, 3.63) is 41.7 Å². The maximum absolute atomic E-state index is 8.95. The fraction of sp³-hybridized carbons (Fsp3) is 0.333. The normalized spacial score (nSPS) is 18.3. The van der Waals surface area contributed by atoms with E-state index < -0.39 is 0 Å². The molecule has 0 amide bonds. The molecule has 3 rings (SSSR count). The minimum atomic E-state index is -0.0456. The molecule has 2 heterocycles. The van der Waals surface area contributed by atoms with Crippen molar-refractivity contribution in [1.29, 1.82) is 0 Å². The lowest BCUT2D eigenvalue weighted by atomic mass is 10.0. The molecule has 4 nitrogen and oxygen atoms in total. The van der Waals surface area contributed by atoms with Gasteiger partial charge in [0.15, 0.2) is 0 Å². The summed E-state index contributed by atoms with van der Waals surface area (Å²) >= 11 is 1.90. The lowest BCUT2D eigenvalue weighted by molar-refractivity contribution is 0.276. The highest BCUT2D eigenvalue weighted by molar-refractivity contribution is 7.99. The summed E-state index contributed by atoms with van der Waals surface area (Å²) < 4.78 is 1.82. The minimum Gasteiger partial charge on any atom is -0.390 e. The van der Waals surface area contributed by atoms with Gasteiger partial charge in [0.05, 0.1) is 19.3 Å². The van der Waals surface area contributed by atoms with Gasteiger partial charge in [-0.25, -0.2) is 0 Å². The van der Waals surface area contributed by atoms with E-state index in [1.165, 1.54) is 10.5 Å². The van der Waals surface area contributed by atoms with Crippen molar-refractivity contribution in [2.45, 2.75) is 24.0 Å². The van der Waals surface area contributed by atoms with E-state index >= 15 is 0 Å². The average Bonchev–Trinajstić information content (AvgIpc) is 2.97. The second-order valence-corrected chi connectivity index (χ2v) is 5.20. The van der Waals surface area contributed by atoms with Crippen LogP contribution in [0, 0.1) is 0 Å². The zero-order valence-corrected chi connectivity index (χ0v) is 10.1. The van der Waals surface area contributed by atoms with Crippen molar-refractivity contribution in [1.82, 2.24) is 15.0 Å². The van der Waals surface area contributed by atoms with Crippen LogP contribution in [0.5, 0.6) is 0 Å². The van der Waals surface area contributed by atoms with Crippen LogP contribution in [0.1, 0.15) is 17.2 Å². The number of hydrogen-bond acceptors (Lipinski definition) is 4. The van der Waals surface area contributed by atoms with Crippen LogP contribution in [0.15, 0.2) is 35.4 Å². The molecule has 5 heteroatoms. The summed E-state index contributed by atoms with van der Waals surface area (Å²) in [6.45, 7) is 0.785. The van der Waals surface area contributed by atoms with Crippen LogP contribution in [0.25, 0.3) is 0 Å². The van der Waals surface area contributed by atoms with E-state index in [1.54, 1.807) is 0 Å². The Morgan fingerprint density at radius 1 is 1.41 bits per heavy atom. The van der Waals surface area contributed by atoms with Gasteiger partial charge in [-0.15, -0.1) is 16.9 Å². The number of fused-ring (bicyclic) bond motifs is 1. The van der Waals surface area contributed by atoms with E-state index in [1.807, 2.05) is 22.6 Å². The molecule has 1 N–H and O–H groups in total. The number of thioether (sulfide) groups is 1. The zero-order valence-electron chi connectivity index (χ0n) is 9.28. The molecule has 0 radical (unpaired) electrons. The lowest BCUT2D eigenvalue weighted by Gasteiger charge is -2.09. The Bertz CT molecular complexity index is 526. The topological polar surface area (TPSA) is 50.9 Å². The fourth-order valence-corrected chi connectivity index (χ4v) is 3.35. The van der Waals surface area contributed by atoms with E-state index in [2.05, 4.69) is 34.6 Å². The molecule has 1 aromatic carbocycles. The molecule has 0 saturated carbocycles. The lowest BCUT2D eigenvalue weighted by Crippen LogP contribution is -2.09. The van der Waals surface area contributed by atoms with Crippen molar-refractivity contribution in [2.75, 3.05) is 5.75 Å². The number of nitrogens with zero attached hydrogens (tertiary/aromatic N) is 3. The Balaban J connectivity index is 1.79. The number of aliphatic hydroxyl groups excluding tert-OH is 1. The Labute approximate surface area is 104 Å². The number of rotatable bonds is 3. The van der Waals surface area contributed by atoms with E-state index in [0.717, 1.165) is 12.3 Å². The second kappa shape index (κ2) is 4.50. The standard InChI is InChI=1S/C12H13N3OS/c16-7-10-6-15(14-13-10)5-9-8-17-12-4-2-1-3-11(9)12/h1-4,6,9,16H,5,7-8H2. The summed E-state index contributed by atoms with van der Waals surface area (Å²) in [6.07, 6.45) is 1.81. The zero-order chi connectivity index (χ0) is 11.7. The van der Waals surface area contributed by atoms with Gasteiger partial charge in [0.1, 0.15) is 5.69 Å². The first-order chi connectivity index (χ1) is 8.36. The first-order valence-corrected chi connectivity index (χ1v) is 6.57. The van der Waals surface area contributed by atoms with Crippen molar-refractivity contribution in [3.63, 3.8) is 0 Å². The van der Waals surface area contributed by atoms with Gasteiger partial charge in [0.25, 0.3) is 0 Å². The molecule has 88 valence electrons. The minimum absolute atomic E-state index is 0.0456. The Kier molecular flexibility index (Phi) is 2.86. The summed E-state index contributed by atoms with van der Waals surface area (Å²) in [4.78, 5) is 1.37. The summed E-state index contributed by atoms with van der Waals surface area (Å²) in [7, 11) is 0. The highest BCUT2D eigenvalue weighted by Crippen LogP contribution is 2.39. The van der Waals surface area contributed by atoms with Crippen LogP contribution in [-0.2, 0) is 13.2 Å². The Hall–Kier alpha value is -1.33. The van der Waals surface area contributed by atoms with Crippen LogP contribution >= 0.6 is 11.8 Å². The molecule has 1 unspecified atom stereocenters. The summed E-state index contributed by atoms with van der Waals surface area (Å²) in [5.41, 5.74) is 2.03. The number of benzene rings is 1. The molecule has 2 aromatic rings. The molecule has 0 saturated heterocycles. The molecule has 0 aliphatic carbocycles. The molecule has 0 spiro atoms. The van der Waals surface area contributed by atoms with Gasteiger partial charge in [0, 0.05) is 16.6 Å². The van der Waals surface area contributed by atoms with Gasteiger partial charge in [-0.05, 0) is 11.6 Å². The van der Waals surface area contributed by atoms with Crippen LogP contribution in [-0.4, -0.2) is 25.9 Å². The molecule has 0 fully saturated rings. The van der Waals surface area contributed by atoms with Gasteiger partial charge < -0.3 is 5.11 Å². The molecular weight excluding hydrogens is 234 g/mol. The number of hydrogen-bond donors (Lipinski definition) is 1. The smallest absolute Gasteiger partial charge is 0.108 e. The number of aliphatic hydroxyl groups is 1. The third-order valence-corrected chi connectivity index (χ3v) is 4.21. The Morgan fingerprint density at radius 3 is 3.12 bits per heavy atom. The molecule has 17 heavy (non-hydrogen) atoms. The van der Waals surface area contributed by atoms with Crippen molar-refractivity contribution < 1.29 is 5.11 Å². The first-order valence-electron chi connectivity index (χ1n) is 5.58. The SMILES string of the molecule is OCc1cn(CC2CSc3ccccc32)nn1. The van der Waals surface area contributed by atoms with E-state index in [4.69, 9.17) is 5.11 Å². The largest absolute Gasteiger partial charge is 0.390 e. The highest BCUT2D eigenvalue weighted by Gasteiger charge is 2.23. The average molecular weight is 247 g/mol. The molecule has 1 atom stereocenters. The predicted molar refractivity (Wildman–Crippen MR) is 65.9 cm³/mol. The van der Waals surface area contributed by atoms with Crippen LogP contribution in [0.3, 0.4) is 0 Å². The summed E-state index contributed by atoms with van der Waals surface area (Å²) in [5.74, 6) is 1.58. The molecule has 1 aliphatic rings. The second-order valence-electron chi connectivity index (χ2n) is 4.14. The third-order valence-electron chi connectivity index (χ3n) is 2.95. The fourth-order valence-electron chi connectivity index (χ4n) is 2.11. The molecular formula is C12H13N3OS. The monoisotopic (exact) mass is 247 g/mol. The summed E-state index contributed by atoms with van der Waals surface area (Å²) in [5, 5.41) is 16.9. The van der Waals surface area contributed by atoms with Gasteiger partial charge in [0.2, 0.25) is 0 Å². The first kappa shape index (κ1) is 10.8. The van der Waals surface area contributed by atoms with Crippen molar-refractivity contribution >= 4 is 11.8 Å². The van der Waals surface area contributed by atoms with Crippen LogP contribution < -0.4 is 0 Å². The van der Waals surface area contributed by atoms with Gasteiger partial charge in [-0.3, -0.25) is 4.68 Å².